The van der Waals surface area contributed by atoms with Gasteiger partial charge in [-0.1, -0.05) is 0 Å². The summed E-state index contributed by atoms with van der Waals surface area (Å²) in [6, 6.07) is 7.67. The number of aliphatic imine (C=N–C) groups is 1. The molecule has 1 aliphatic rings. The summed E-state index contributed by atoms with van der Waals surface area (Å²) in [5.41, 5.74) is 1.53. The molecule has 1 aliphatic heterocycles. The van der Waals surface area contributed by atoms with Gasteiger partial charge in [0.25, 0.3) is 5.69 Å². The lowest BCUT2D eigenvalue weighted by Gasteiger charge is -2.08. The number of halogens is 2. The lowest BCUT2D eigenvalue weighted by Crippen LogP contribution is -2.06. The number of aryl methyl sites for hydroxylation is 1. The second-order valence-electron chi connectivity index (χ2n) is 6.00. The molecule has 0 atom stereocenters. The molecule has 0 bridgehead atoms. The molecule has 2 aromatic rings. The Balaban J connectivity index is 1.94. The first-order valence-corrected chi connectivity index (χ1v) is 9.69. The van der Waals surface area contributed by atoms with Crippen LogP contribution in [-0.4, -0.2) is 22.8 Å². The molecule has 8 nitrogen and oxygen atoms in total. The minimum absolute atomic E-state index is 0.0305. The zero-order chi connectivity index (χ0) is 21.3. The number of esters is 2. The summed E-state index contributed by atoms with van der Waals surface area (Å²) in [5, 5.41) is 10.9. The van der Waals surface area contributed by atoms with E-state index in [1.165, 1.54) is 31.2 Å². The van der Waals surface area contributed by atoms with Crippen molar-refractivity contribution in [3.63, 3.8) is 0 Å². The van der Waals surface area contributed by atoms with E-state index in [1.807, 2.05) is 0 Å². The van der Waals surface area contributed by atoms with Gasteiger partial charge in [0.1, 0.15) is 0 Å². The SMILES string of the molecule is CC(=O)Oc1c(Br)cc(/C=C2\N=C(c3ccc([N+](=O)[O-])c(C)c3)OC2=O)cc1Br. The lowest BCUT2D eigenvalue weighted by molar-refractivity contribution is -0.385. The first-order chi connectivity index (χ1) is 13.7. The van der Waals surface area contributed by atoms with Crippen LogP contribution in [0.25, 0.3) is 6.08 Å². The Kier molecular flexibility index (Phi) is 5.94. The number of nitrogens with zero attached hydrogens (tertiary/aromatic N) is 2. The van der Waals surface area contributed by atoms with Gasteiger partial charge in [-0.3, -0.25) is 14.9 Å². The van der Waals surface area contributed by atoms with Crippen molar-refractivity contribution in [2.45, 2.75) is 13.8 Å². The number of carbonyl (C=O) groups excluding carboxylic acids is 2. The van der Waals surface area contributed by atoms with E-state index in [1.54, 1.807) is 19.1 Å². The third kappa shape index (κ3) is 4.60. The molecule has 29 heavy (non-hydrogen) atoms. The van der Waals surface area contributed by atoms with E-state index in [4.69, 9.17) is 9.47 Å². The normalized spacial score (nSPS) is 14.6. The summed E-state index contributed by atoms with van der Waals surface area (Å²) in [6.45, 7) is 2.88. The second-order valence-corrected chi connectivity index (χ2v) is 7.71. The van der Waals surface area contributed by atoms with Gasteiger partial charge in [0.05, 0.1) is 13.9 Å². The van der Waals surface area contributed by atoms with Gasteiger partial charge in [0, 0.05) is 24.1 Å². The molecular formula is C19H12Br2N2O6. The van der Waals surface area contributed by atoms with Crippen molar-refractivity contribution < 1.29 is 24.0 Å². The van der Waals surface area contributed by atoms with Crippen LogP contribution in [0.5, 0.6) is 5.75 Å². The lowest BCUT2D eigenvalue weighted by atomic mass is 10.1. The smallest absolute Gasteiger partial charge is 0.363 e. The Labute approximate surface area is 181 Å². The molecule has 0 aliphatic carbocycles. The monoisotopic (exact) mass is 522 g/mol. The minimum Gasteiger partial charge on any atom is -0.424 e. The number of rotatable bonds is 4. The Bertz CT molecular complexity index is 1100. The van der Waals surface area contributed by atoms with Gasteiger partial charge in [0.15, 0.2) is 11.4 Å². The number of ether oxygens (including phenoxy) is 2. The maximum Gasteiger partial charge on any atom is 0.363 e. The summed E-state index contributed by atoms with van der Waals surface area (Å²) in [5.74, 6) is -0.732. The van der Waals surface area contributed by atoms with Crippen LogP contribution in [-0.2, 0) is 14.3 Å². The fraction of sp³-hybridized carbons (Fsp3) is 0.105. The minimum atomic E-state index is -0.646. The van der Waals surface area contributed by atoms with E-state index in [0.717, 1.165) is 0 Å². The van der Waals surface area contributed by atoms with E-state index in [0.29, 0.717) is 31.4 Å². The van der Waals surface area contributed by atoms with Gasteiger partial charge in [-0.2, -0.15) is 0 Å². The molecule has 3 rings (SSSR count). The van der Waals surface area contributed by atoms with Crippen molar-refractivity contribution in [3.05, 3.63) is 71.8 Å². The number of hydrogen-bond donors (Lipinski definition) is 0. The quantitative estimate of drug-likeness (QED) is 0.189. The van der Waals surface area contributed by atoms with Crippen LogP contribution in [0.2, 0.25) is 0 Å². The fourth-order valence-electron chi connectivity index (χ4n) is 2.59. The molecule has 148 valence electrons. The number of nitro benzene ring substituents is 1. The molecule has 0 unspecified atom stereocenters. The van der Waals surface area contributed by atoms with Crippen molar-refractivity contribution in [2.75, 3.05) is 0 Å². The van der Waals surface area contributed by atoms with Gasteiger partial charge in [-0.05, 0) is 74.7 Å². The molecule has 0 spiro atoms. The fourth-order valence-corrected chi connectivity index (χ4v) is 3.97. The molecule has 0 N–H and O–H groups in total. The molecule has 10 heteroatoms. The first kappa shape index (κ1) is 20.9. The van der Waals surface area contributed by atoms with Crippen LogP contribution in [0.3, 0.4) is 0 Å². The van der Waals surface area contributed by atoms with Crippen LogP contribution in [0, 0.1) is 17.0 Å². The van der Waals surface area contributed by atoms with E-state index in [9.17, 15) is 19.7 Å². The average molecular weight is 524 g/mol. The number of nitro groups is 1. The maximum absolute atomic E-state index is 12.2. The predicted molar refractivity (Wildman–Crippen MR) is 112 cm³/mol. The van der Waals surface area contributed by atoms with Gasteiger partial charge in [-0.25, -0.2) is 9.79 Å². The Morgan fingerprint density at radius 1 is 1.24 bits per heavy atom. The highest BCUT2D eigenvalue weighted by Gasteiger charge is 2.25. The average Bonchev–Trinajstić information content (AvgIpc) is 2.98. The highest BCUT2D eigenvalue weighted by molar-refractivity contribution is 9.11. The van der Waals surface area contributed by atoms with Crippen LogP contribution >= 0.6 is 31.9 Å². The van der Waals surface area contributed by atoms with Crippen molar-refractivity contribution in [1.82, 2.24) is 0 Å². The van der Waals surface area contributed by atoms with E-state index in [2.05, 4.69) is 36.9 Å². The van der Waals surface area contributed by atoms with Gasteiger partial charge in [-0.15, -0.1) is 0 Å². The molecule has 0 radical (unpaired) electrons. The molecule has 1 heterocycles. The molecule has 0 saturated carbocycles. The second kappa shape index (κ2) is 8.26. The van der Waals surface area contributed by atoms with E-state index >= 15 is 0 Å². The van der Waals surface area contributed by atoms with E-state index in [-0.39, 0.29) is 17.3 Å². The van der Waals surface area contributed by atoms with Gasteiger partial charge >= 0.3 is 11.9 Å². The highest BCUT2D eigenvalue weighted by Crippen LogP contribution is 2.36. The summed E-state index contributed by atoms with van der Waals surface area (Å²) in [6.07, 6.45) is 1.51. The molecule has 0 aromatic heterocycles. The summed E-state index contributed by atoms with van der Waals surface area (Å²) in [7, 11) is 0. The van der Waals surface area contributed by atoms with Crippen LogP contribution in [0.4, 0.5) is 5.69 Å². The molecule has 2 aromatic carbocycles. The Hall–Kier alpha value is -2.85. The highest BCUT2D eigenvalue weighted by atomic mass is 79.9. The van der Waals surface area contributed by atoms with Crippen molar-refractivity contribution in [2.24, 2.45) is 4.99 Å². The molecule has 0 saturated heterocycles. The summed E-state index contributed by atoms with van der Waals surface area (Å²) < 4.78 is 11.3. The maximum atomic E-state index is 12.2. The number of carbonyl (C=O) groups is 2. The largest absolute Gasteiger partial charge is 0.424 e. The zero-order valence-corrected chi connectivity index (χ0v) is 18.2. The standard InChI is InChI=1S/C19H12Br2N2O6/c1-9-5-12(3-4-16(9)23(26)27)18-22-15(19(25)29-18)8-11-6-13(20)17(14(21)7-11)28-10(2)24/h3-8H,1-2H3/b15-8-. The van der Waals surface area contributed by atoms with Crippen LogP contribution in [0.15, 0.2) is 50.0 Å². The first-order valence-electron chi connectivity index (χ1n) is 8.11. The Morgan fingerprint density at radius 2 is 1.90 bits per heavy atom. The van der Waals surface area contributed by atoms with Crippen molar-refractivity contribution >= 4 is 61.5 Å². The number of benzene rings is 2. The van der Waals surface area contributed by atoms with Gasteiger partial charge < -0.3 is 9.47 Å². The third-order valence-corrected chi connectivity index (χ3v) is 5.01. The molecule has 0 fully saturated rings. The third-order valence-electron chi connectivity index (χ3n) is 3.83. The summed E-state index contributed by atoms with van der Waals surface area (Å²) >= 11 is 6.64. The van der Waals surface area contributed by atoms with Crippen LogP contribution in [0.1, 0.15) is 23.6 Å². The van der Waals surface area contributed by atoms with Crippen molar-refractivity contribution in [1.29, 1.82) is 0 Å². The number of cyclic esters (lactones) is 1. The summed E-state index contributed by atoms with van der Waals surface area (Å²) in [4.78, 5) is 38.0. The topological polar surface area (TPSA) is 108 Å². The van der Waals surface area contributed by atoms with Crippen LogP contribution < -0.4 is 4.74 Å². The number of hydrogen-bond acceptors (Lipinski definition) is 7. The molecule has 0 amide bonds. The zero-order valence-electron chi connectivity index (χ0n) is 15.1. The predicted octanol–water partition coefficient (Wildman–Crippen LogP) is 4.70. The van der Waals surface area contributed by atoms with Gasteiger partial charge in [0.2, 0.25) is 5.90 Å². The van der Waals surface area contributed by atoms with E-state index < -0.39 is 16.9 Å². The Morgan fingerprint density at radius 3 is 2.45 bits per heavy atom. The van der Waals surface area contributed by atoms with Crippen molar-refractivity contribution in [3.8, 4) is 5.75 Å². The molecular weight excluding hydrogens is 512 g/mol.